The molecular weight excluding hydrogens is 380 g/mol. The molecule has 0 aliphatic carbocycles. The second-order valence-electron chi connectivity index (χ2n) is 6.29. The summed E-state index contributed by atoms with van der Waals surface area (Å²) in [6.45, 7) is 3.30. The van der Waals surface area contributed by atoms with Crippen molar-refractivity contribution in [2.24, 2.45) is 0 Å². The number of nitrogens with one attached hydrogen (secondary N) is 2. The molecule has 28 heavy (non-hydrogen) atoms. The van der Waals surface area contributed by atoms with Crippen LogP contribution in [0.25, 0.3) is 0 Å². The molecule has 2 rings (SSSR count). The Morgan fingerprint density at radius 3 is 2.36 bits per heavy atom. The van der Waals surface area contributed by atoms with Gasteiger partial charge in [0.25, 0.3) is 5.91 Å². The Balaban J connectivity index is 1.75. The van der Waals surface area contributed by atoms with E-state index in [-0.39, 0.29) is 4.90 Å². The molecule has 0 aliphatic heterocycles. The molecule has 1 atom stereocenters. The summed E-state index contributed by atoms with van der Waals surface area (Å²) in [6.07, 6.45) is 0.666. The summed E-state index contributed by atoms with van der Waals surface area (Å²) in [5.74, 6) is -1.27. The zero-order chi connectivity index (χ0) is 20.6. The Morgan fingerprint density at radius 1 is 1.04 bits per heavy atom. The van der Waals surface area contributed by atoms with Crippen LogP contribution in [0.1, 0.15) is 18.1 Å². The molecule has 1 amide bonds. The summed E-state index contributed by atoms with van der Waals surface area (Å²) in [7, 11) is -3.84. The van der Waals surface area contributed by atoms with Gasteiger partial charge in [-0.05, 0) is 43.5 Å². The van der Waals surface area contributed by atoms with Crippen LogP contribution in [-0.4, -0.2) is 39.5 Å². The fourth-order valence-corrected chi connectivity index (χ4v) is 3.70. The monoisotopic (exact) mass is 404 g/mol. The molecule has 0 spiro atoms. The molecule has 150 valence electrons. The number of amides is 1. The van der Waals surface area contributed by atoms with Crippen molar-refractivity contribution >= 4 is 21.9 Å². The van der Waals surface area contributed by atoms with Crippen molar-refractivity contribution in [1.82, 2.24) is 10.0 Å². The summed E-state index contributed by atoms with van der Waals surface area (Å²) in [5.41, 5.74) is 2.27. The summed E-state index contributed by atoms with van der Waals surface area (Å²) in [6, 6.07) is 14.4. The van der Waals surface area contributed by atoms with Gasteiger partial charge >= 0.3 is 5.97 Å². The van der Waals surface area contributed by atoms with Gasteiger partial charge in [-0.1, -0.05) is 42.5 Å². The topological polar surface area (TPSA) is 102 Å². The minimum atomic E-state index is -3.84. The highest BCUT2D eigenvalue weighted by Crippen LogP contribution is 2.08. The number of hydrogen-bond acceptors (Lipinski definition) is 5. The van der Waals surface area contributed by atoms with E-state index < -0.39 is 34.5 Å². The fourth-order valence-electron chi connectivity index (χ4n) is 2.49. The van der Waals surface area contributed by atoms with Crippen molar-refractivity contribution < 1.29 is 22.7 Å². The minimum absolute atomic E-state index is 0.0450. The Morgan fingerprint density at radius 2 is 1.68 bits per heavy atom. The molecule has 0 saturated carbocycles. The second kappa shape index (κ2) is 10.0. The van der Waals surface area contributed by atoms with Gasteiger partial charge in [0.05, 0.1) is 4.90 Å². The Kier molecular flexibility index (Phi) is 7.71. The molecule has 0 aliphatic rings. The average Bonchev–Trinajstić information content (AvgIpc) is 2.68. The molecule has 0 saturated heterocycles. The van der Waals surface area contributed by atoms with E-state index in [1.165, 1.54) is 19.1 Å². The third-order valence-corrected chi connectivity index (χ3v) is 5.62. The van der Waals surface area contributed by atoms with E-state index in [2.05, 4.69) is 10.0 Å². The van der Waals surface area contributed by atoms with Crippen LogP contribution in [-0.2, 0) is 30.8 Å². The fraction of sp³-hybridized carbons (Fsp3) is 0.300. The maximum Gasteiger partial charge on any atom is 0.324 e. The summed E-state index contributed by atoms with van der Waals surface area (Å²) >= 11 is 0. The van der Waals surface area contributed by atoms with E-state index in [1.54, 1.807) is 18.2 Å². The molecule has 7 nitrogen and oxygen atoms in total. The average molecular weight is 404 g/mol. The van der Waals surface area contributed by atoms with Crippen molar-refractivity contribution in [3.63, 3.8) is 0 Å². The van der Waals surface area contributed by atoms with Crippen molar-refractivity contribution in [3.05, 3.63) is 65.7 Å². The third-order valence-electron chi connectivity index (χ3n) is 4.06. The van der Waals surface area contributed by atoms with Crippen molar-refractivity contribution in [2.75, 3.05) is 13.2 Å². The number of esters is 1. The summed E-state index contributed by atoms with van der Waals surface area (Å²) < 4.78 is 31.5. The highest BCUT2D eigenvalue weighted by molar-refractivity contribution is 7.89. The maximum atomic E-state index is 12.2. The third kappa shape index (κ3) is 6.47. The van der Waals surface area contributed by atoms with Crippen LogP contribution in [0.15, 0.2) is 59.5 Å². The minimum Gasteiger partial charge on any atom is -0.454 e. The molecule has 8 heteroatoms. The zero-order valence-corrected chi connectivity index (χ0v) is 16.7. The molecule has 0 heterocycles. The van der Waals surface area contributed by atoms with Crippen LogP contribution in [0.2, 0.25) is 0 Å². The first-order valence-corrected chi connectivity index (χ1v) is 10.3. The van der Waals surface area contributed by atoms with Crippen molar-refractivity contribution in [1.29, 1.82) is 0 Å². The number of benzene rings is 2. The quantitative estimate of drug-likeness (QED) is 0.618. The van der Waals surface area contributed by atoms with E-state index in [9.17, 15) is 18.0 Å². The lowest BCUT2D eigenvalue weighted by Gasteiger charge is -2.14. The normalized spacial score (nSPS) is 12.2. The van der Waals surface area contributed by atoms with Crippen LogP contribution in [0, 0.1) is 6.92 Å². The Hall–Kier alpha value is -2.71. The van der Waals surface area contributed by atoms with Crippen LogP contribution >= 0.6 is 0 Å². The van der Waals surface area contributed by atoms with Crippen LogP contribution in [0.3, 0.4) is 0 Å². The first-order chi connectivity index (χ1) is 13.3. The van der Waals surface area contributed by atoms with Gasteiger partial charge in [0, 0.05) is 6.54 Å². The van der Waals surface area contributed by atoms with Crippen molar-refractivity contribution in [2.45, 2.75) is 31.2 Å². The number of ether oxygens (including phenoxy) is 1. The summed E-state index contributed by atoms with van der Waals surface area (Å²) in [5, 5.41) is 2.67. The molecule has 0 fully saturated rings. The maximum absolute atomic E-state index is 12.2. The number of carbonyl (C=O) groups is 2. The molecule has 2 aromatic carbocycles. The summed E-state index contributed by atoms with van der Waals surface area (Å²) in [4.78, 5) is 23.8. The number of rotatable bonds is 9. The van der Waals surface area contributed by atoms with Gasteiger partial charge < -0.3 is 10.1 Å². The van der Waals surface area contributed by atoms with Gasteiger partial charge in [-0.15, -0.1) is 0 Å². The van der Waals surface area contributed by atoms with E-state index in [4.69, 9.17) is 4.74 Å². The number of carbonyl (C=O) groups excluding carboxylic acids is 2. The lowest BCUT2D eigenvalue weighted by molar-refractivity contribution is -0.149. The number of sulfonamides is 1. The van der Waals surface area contributed by atoms with E-state index in [1.807, 2.05) is 31.2 Å². The number of hydrogen-bond donors (Lipinski definition) is 2. The molecule has 0 aromatic heterocycles. The van der Waals surface area contributed by atoms with Crippen molar-refractivity contribution in [3.8, 4) is 0 Å². The first kappa shape index (κ1) is 21.6. The van der Waals surface area contributed by atoms with Gasteiger partial charge in [0.1, 0.15) is 6.04 Å². The smallest absolute Gasteiger partial charge is 0.324 e. The van der Waals surface area contributed by atoms with Crippen LogP contribution < -0.4 is 10.0 Å². The van der Waals surface area contributed by atoms with Gasteiger partial charge in [0.15, 0.2) is 6.61 Å². The lowest BCUT2D eigenvalue weighted by atomic mass is 10.1. The Bertz CT molecular complexity index is 913. The molecule has 2 N–H and O–H groups in total. The zero-order valence-electron chi connectivity index (χ0n) is 15.8. The number of aryl methyl sites for hydroxylation is 1. The van der Waals surface area contributed by atoms with Gasteiger partial charge in [0.2, 0.25) is 10.0 Å². The first-order valence-electron chi connectivity index (χ1n) is 8.85. The SMILES string of the molecule is Cc1ccccc1CCNC(=O)COC(=O)[C@H](C)NS(=O)(=O)c1ccccc1. The largest absolute Gasteiger partial charge is 0.454 e. The lowest BCUT2D eigenvalue weighted by Crippen LogP contribution is -2.41. The Labute approximate surface area is 165 Å². The van der Waals surface area contributed by atoms with Gasteiger partial charge in [-0.2, -0.15) is 4.72 Å². The molecule has 0 bridgehead atoms. The molecular formula is C20H24N2O5S. The van der Waals surface area contributed by atoms with E-state index >= 15 is 0 Å². The van der Waals surface area contributed by atoms with E-state index in [0.29, 0.717) is 13.0 Å². The molecule has 0 unspecified atom stereocenters. The molecule has 0 radical (unpaired) electrons. The standard InChI is InChI=1S/C20H24N2O5S/c1-15-8-6-7-9-17(15)12-13-21-19(23)14-27-20(24)16(2)22-28(25,26)18-10-4-3-5-11-18/h3-11,16,22H,12-14H2,1-2H3,(H,21,23)/t16-/m0/s1. The predicted octanol–water partition coefficient (Wildman–Crippen LogP) is 1.56. The predicted molar refractivity (Wildman–Crippen MR) is 105 cm³/mol. The highest BCUT2D eigenvalue weighted by Gasteiger charge is 2.23. The van der Waals surface area contributed by atoms with Crippen LogP contribution in [0.4, 0.5) is 0 Å². The second-order valence-corrected chi connectivity index (χ2v) is 8.00. The van der Waals surface area contributed by atoms with Gasteiger partial charge in [-0.25, -0.2) is 8.42 Å². The highest BCUT2D eigenvalue weighted by atomic mass is 32.2. The molecule has 2 aromatic rings. The van der Waals surface area contributed by atoms with Gasteiger partial charge in [-0.3, -0.25) is 9.59 Å². The van der Waals surface area contributed by atoms with E-state index in [0.717, 1.165) is 11.1 Å². The van der Waals surface area contributed by atoms with Crippen LogP contribution in [0.5, 0.6) is 0 Å².